The number of thioether (sulfide) groups is 1. The predicted molar refractivity (Wildman–Crippen MR) is 58.0 cm³/mol. The van der Waals surface area contributed by atoms with Crippen LogP contribution >= 0.6 is 11.8 Å². The van der Waals surface area contributed by atoms with E-state index in [1.54, 1.807) is 18.7 Å². The Balaban J connectivity index is 4.00. The maximum absolute atomic E-state index is 11.2. The van der Waals surface area contributed by atoms with Crippen molar-refractivity contribution < 1.29 is 9.53 Å². The molecule has 0 rings (SSSR count). The first kappa shape index (κ1) is 12.6. The van der Waals surface area contributed by atoms with Crippen molar-refractivity contribution >= 4 is 17.7 Å². The summed E-state index contributed by atoms with van der Waals surface area (Å²) in [6.07, 6.45) is 0. The van der Waals surface area contributed by atoms with Gasteiger partial charge >= 0.3 is 5.97 Å². The van der Waals surface area contributed by atoms with Gasteiger partial charge in [0.15, 0.2) is 0 Å². The Hall–Kier alpha value is -0.440. The fourth-order valence-corrected chi connectivity index (χ4v) is 1.47. The molecule has 0 spiro atoms. The minimum absolute atomic E-state index is 0.304. The van der Waals surface area contributed by atoms with Crippen molar-refractivity contribution in [3.63, 3.8) is 0 Å². The molecule has 0 atom stereocenters. The molecule has 0 saturated carbocycles. The van der Waals surface area contributed by atoms with E-state index >= 15 is 0 Å². The van der Waals surface area contributed by atoms with Crippen LogP contribution in [0.3, 0.4) is 0 Å². The second kappa shape index (κ2) is 5.32. The summed E-state index contributed by atoms with van der Waals surface area (Å²) < 4.78 is 5.24. The third-order valence-corrected chi connectivity index (χ3v) is 2.68. The molecule has 0 aromatic heterocycles. The number of esters is 1. The van der Waals surface area contributed by atoms with E-state index in [9.17, 15) is 4.79 Å². The molecule has 0 N–H and O–H groups in total. The van der Waals surface area contributed by atoms with Crippen molar-refractivity contribution in [3.05, 3.63) is 12.2 Å². The standard InChI is InChI=1S/C10H18O2S/c1-6-13-7-10(4,5)12-9(11)8(2)3/h2,6-7H2,1,3-5H3. The molecule has 0 aliphatic heterocycles. The molecular weight excluding hydrogens is 184 g/mol. The minimum Gasteiger partial charge on any atom is -0.455 e. The molecule has 13 heavy (non-hydrogen) atoms. The Bertz CT molecular complexity index is 197. The third-order valence-electron chi connectivity index (χ3n) is 1.37. The third kappa shape index (κ3) is 5.75. The van der Waals surface area contributed by atoms with Gasteiger partial charge in [0.05, 0.1) is 0 Å². The van der Waals surface area contributed by atoms with Crippen LogP contribution < -0.4 is 0 Å². The van der Waals surface area contributed by atoms with E-state index in [0.717, 1.165) is 11.5 Å². The first-order valence-electron chi connectivity index (χ1n) is 4.35. The lowest BCUT2D eigenvalue weighted by molar-refractivity contribution is -0.149. The predicted octanol–water partition coefficient (Wildman–Crippen LogP) is 2.64. The van der Waals surface area contributed by atoms with Gasteiger partial charge < -0.3 is 4.74 Å². The molecule has 0 amide bonds. The van der Waals surface area contributed by atoms with Crippen molar-refractivity contribution in [2.24, 2.45) is 0 Å². The molecule has 0 aliphatic carbocycles. The summed E-state index contributed by atoms with van der Waals surface area (Å²) in [6.45, 7) is 11.1. The molecule has 2 nitrogen and oxygen atoms in total. The van der Waals surface area contributed by atoms with Gasteiger partial charge in [-0.1, -0.05) is 13.5 Å². The van der Waals surface area contributed by atoms with Gasteiger partial charge in [0.25, 0.3) is 0 Å². The lowest BCUT2D eigenvalue weighted by atomic mass is 10.2. The number of ether oxygens (including phenoxy) is 1. The highest BCUT2D eigenvalue weighted by Gasteiger charge is 2.22. The van der Waals surface area contributed by atoms with Crippen molar-refractivity contribution in [2.75, 3.05) is 11.5 Å². The first-order valence-corrected chi connectivity index (χ1v) is 5.51. The number of carbonyl (C=O) groups excluding carboxylic acids is 1. The fraction of sp³-hybridized carbons (Fsp3) is 0.700. The summed E-state index contributed by atoms with van der Waals surface area (Å²) in [5, 5.41) is 0. The second-order valence-corrected chi connectivity index (χ2v) is 4.84. The summed E-state index contributed by atoms with van der Waals surface area (Å²) >= 11 is 1.76. The molecule has 0 fully saturated rings. The monoisotopic (exact) mass is 202 g/mol. The Morgan fingerprint density at radius 2 is 2.08 bits per heavy atom. The van der Waals surface area contributed by atoms with Gasteiger partial charge in [-0.15, -0.1) is 0 Å². The van der Waals surface area contributed by atoms with Crippen molar-refractivity contribution in [2.45, 2.75) is 33.3 Å². The van der Waals surface area contributed by atoms with Crippen molar-refractivity contribution in [1.29, 1.82) is 0 Å². The molecule has 0 bridgehead atoms. The lowest BCUT2D eigenvalue weighted by Crippen LogP contribution is -2.31. The number of hydrogen-bond donors (Lipinski definition) is 0. The smallest absolute Gasteiger partial charge is 0.333 e. The van der Waals surface area contributed by atoms with Gasteiger partial charge in [-0.05, 0) is 26.5 Å². The number of carbonyl (C=O) groups is 1. The van der Waals surface area contributed by atoms with E-state index < -0.39 is 5.60 Å². The minimum atomic E-state index is -0.392. The molecule has 0 heterocycles. The lowest BCUT2D eigenvalue weighted by Gasteiger charge is -2.24. The van der Waals surface area contributed by atoms with Crippen LogP contribution in [-0.2, 0) is 9.53 Å². The molecule has 0 unspecified atom stereocenters. The topological polar surface area (TPSA) is 26.3 Å². The van der Waals surface area contributed by atoms with E-state index in [4.69, 9.17) is 4.74 Å². The van der Waals surface area contributed by atoms with Gasteiger partial charge in [0.1, 0.15) is 5.60 Å². The van der Waals surface area contributed by atoms with Gasteiger partial charge in [-0.25, -0.2) is 4.79 Å². The fourth-order valence-electron chi connectivity index (χ4n) is 0.715. The summed E-state index contributed by atoms with van der Waals surface area (Å²) in [4.78, 5) is 11.2. The van der Waals surface area contributed by atoms with Gasteiger partial charge in [-0.2, -0.15) is 11.8 Å². The van der Waals surface area contributed by atoms with Crippen LogP contribution in [0.5, 0.6) is 0 Å². The molecule has 0 aromatic carbocycles. The number of rotatable bonds is 5. The molecule has 0 aromatic rings. The Morgan fingerprint density at radius 1 is 1.54 bits per heavy atom. The number of hydrogen-bond acceptors (Lipinski definition) is 3. The average molecular weight is 202 g/mol. The van der Waals surface area contributed by atoms with Crippen molar-refractivity contribution in [1.82, 2.24) is 0 Å². The Kier molecular flexibility index (Phi) is 5.14. The zero-order valence-electron chi connectivity index (χ0n) is 8.85. The highest BCUT2D eigenvalue weighted by atomic mass is 32.2. The SMILES string of the molecule is C=C(C)C(=O)OC(C)(C)CSCC. The van der Waals surface area contributed by atoms with E-state index in [0.29, 0.717) is 5.57 Å². The van der Waals surface area contributed by atoms with Crippen LogP contribution in [0.25, 0.3) is 0 Å². The molecule has 0 aliphatic rings. The van der Waals surface area contributed by atoms with Crippen LogP contribution in [-0.4, -0.2) is 23.1 Å². The van der Waals surface area contributed by atoms with Gasteiger partial charge in [0.2, 0.25) is 0 Å². The van der Waals surface area contributed by atoms with Crippen LogP contribution in [0.1, 0.15) is 27.7 Å². The van der Waals surface area contributed by atoms with Crippen LogP contribution in [0.15, 0.2) is 12.2 Å². The van der Waals surface area contributed by atoms with Gasteiger partial charge in [-0.3, -0.25) is 0 Å². The largest absolute Gasteiger partial charge is 0.455 e. The highest BCUT2D eigenvalue weighted by molar-refractivity contribution is 7.99. The van der Waals surface area contributed by atoms with E-state index in [2.05, 4.69) is 13.5 Å². The average Bonchev–Trinajstić information content (AvgIpc) is 2.00. The molecule has 76 valence electrons. The molecule has 3 heteroatoms. The van der Waals surface area contributed by atoms with E-state index in [1.807, 2.05) is 13.8 Å². The zero-order valence-corrected chi connectivity index (χ0v) is 9.66. The maximum atomic E-state index is 11.2. The van der Waals surface area contributed by atoms with Crippen LogP contribution in [0, 0.1) is 0 Å². The summed E-state index contributed by atoms with van der Waals surface area (Å²) in [7, 11) is 0. The second-order valence-electron chi connectivity index (χ2n) is 3.57. The summed E-state index contributed by atoms with van der Waals surface area (Å²) in [5.41, 5.74) is 0.0612. The van der Waals surface area contributed by atoms with Crippen LogP contribution in [0.2, 0.25) is 0 Å². The van der Waals surface area contributed by atoms with E-state index in [1.165, 1.54) is 0 Å². The molecule has 0 saturated heterocycles. The van der Waals surface area contributed by atoms with Crippen LogP contribution in [0.4, 0.5) is 0 Å². The summed E-state index contributed by atoms with van der Waals surface area (Å²) in [6, 6.07) is 0. The van der Waals surface area contributed by atoms with Gasteiger partial charge in [0, 0.05) is 11.3 Å². The first-order chi connectivity index (χ1) is 5.89. The molecular formula is C10H18O2S. The normalized spacial score (nSPS) is 11.1. The summed E-state index contributed by atoms with van der Waals surface area (Å²) in [5.74, 6) is 1.55. The Labute approximate surface area is 84.7 Å². The van der Waals surface area contributed by atoms with E-state index in [-0.39, 0.29) is 5.97 Å². The molecule has 0 radical (unpaired) electrons. The zero-order chi connectivity index (χ0) is 10.5. The maximum Gasteiger partial charge on any atom is 0.333 e. The highest BCUT2D eigenvalue weighted by Crippen LogP contribution is 2.17. The quantitative estimate of drug-likeness (QED) is 0.506. The Morgan fingerprint density at radius 3 is 2.46 bits per heavy atom. The van der Waals surface area contributed by atoms with Crippen molar-refractivity contribution in [3.8, 4) is 0 Å².